The molecule has 80 valence electrons. The normalized spacial score (nSPS) is 11.2. The van der Waals surface area contributed by atoms with Crippen molar-refractivity contribution in [2.45, 2.75) is 26.3 Å². The molecule has 0 unspecified atom stereocenters. The summed E-state index contributed by atoms with van der Waals surface area (Å²) >= 11 is 0. The molecule has 0 spiro atoms. The summed E-state index contributed by atoms with van der Waals surface area (Å²) in [5.41, 5.74) is 1.23. The summed E-state index contributed by atoms with van der Waals surface area (Å²) < 4.78 is 3.50. The Hall–Kier alpha value is -1.72. The van der Waals surface area contributed by atoms with Crippen LogP contribution in [-0.4, -0.2) is 30.0 Å². The van der Waals surface area contributed by atoms with E-state index in [1.54, 1.807) is 4.68 Å². The monoisotopic (exact) mass is 206 g/mol. The number of rotatable bonds is 3. The Morgan fingerprint density at radius 3 is 2.73 bits per heavy atom. The number of aryl methyl sites for hydroxylation is 1. The Kier molecular flexibility index (Phi) is 2.49. The Bertz CT molecular complexity index is 441. The third-order valence-electron chi connectivity index (χ3n) is 2.33. The van der Waals surface area contributed by atoms with E-state index in [4.69, 9.17) is 0 Å². The fourth-order valence-corrected chi connectivity index (χ4v) is 1.29. The second kappa shape index (κ2) is 3.80. The minimum atomic E-state index is 0.497. The zero-order chi connectivity index (χ0) is 10.8. The van der Waals surface area contributed by atoms with Crippen molar-refractivity contribution in [1.82, 2.24) is 30.0 Å². The zero-order valence-corrected chi connectivity index (χ0v) is 9.12. The summed E-state index contributed by atoms with van der Waals surface area (Å²) in [4.78, 5) is 0. The lowest BCUT2D eigenvalue weighted by atomic mass is 10.1. The van der Waals surface area contributed by atoms with E-state index in [1.807, 2.05) is 24.1 Å². The van der Waals surface area contributed by atoms with Crippen molar-refractivity contribution >= 4 is 0 Å². The van der Waals surface area contributed by atoms with Crippen molar-refractivity contribution in [2.24, 2.45) is 7.05 Å². The third-order valence-corrected chi connectivity index (χ3v) is 2.33. The molecule has 2 aromatic rings. The van der Waals surface area contributed by atoms with Crippen LogP contribution < -0.4 is 0 Å². The van der Waals surface area contributed by atoms with Crippen LogP contribution in [0.2, 0.25) is 0 Å². The van der Waals surface area contributed by atoms with E-state index >= 15 is 0 Å². The molecular weight excluding hydrogens is 192 g/mol. The van der Waals surface area contributed by atoms with Crippen molar-refractivity contribution in [3.63, 3.8) is 0 Å². The van der Waals surface area contributed by atoms with Crippen LogP contribution in [0.25, 0.3) is 0 Å². The second-order valence-corrected chi connectivity index (χ2v) is 3.84. The molecule has 0 aromatic carbocycles. The van der Waals surface area contributed by atoms with E-state index < -0.39 is 0 Å². The third kappa shape index (κ3) is 2.03. The molecule has 2 heterocycles. The lowest BCUT2D eigenvalue weighted by Crippen LogP contribution is -2.07. The average Bonchev–Trinajstić information content (AvgIpc) is 2.77. The van der Waals surface area contributed by atoms with Gasteiger partial charge in [0.25, 0.3) is 0 Å². The molecule has 15 heavy (non-hydrogen) atoms. The molecule has 0 N–H and O–H groups in total. The molecule has 0 aliphatic heterocycles. The number of tetrazole rings is 1. The van der Waals surface area contributed by atoms with Crippen molar-refractivity contribution < 1.29 is 0 Å². The van der Waals surface area contributed by atoms with Gasteiger partial charge in [0.15, 0.2) is 5.82 Å². The molecule has 0 radical (unpaired) electrons. The van der Waals surface area contributed by atoms with Crippen molar-refractivity contribution in [3.05, 3.63) is 23.8 Å². The minimum absolute atomic E-state index is 0.497. The Balaban J connectivity index is 2.15. The first kappa shape index (κ1) is 9.82. The standard InChI is InChI=1S/C9H14N6/c1-7(2)8-4-10-15(5-8)6-9-11-12-13-14(9)3/h4-5,7H,6H2,1-3H3. The Morgan fingerprint density at radius 1 is 1.40 bits per heavy atom. The van der Waals surface area contributed by atoms with E-state index in [-0.39, 0.29) is 0 Å². The molecule has 0 amide bonds. The van der Waals surface area contributed by atoms with Gasteiger partial charge in [-0.25, -0.2) is 4.68 Å². The Morgan fingerprint density at radius 2 is 2.20 bits per heavy atom. The maximum Gasteiger partial charge on any atom is 0.172 e. The summed E-state index contributed by atoms with van der Waals surface area (Å²) in [6.07, 6.45) is 3.91. The topological polar surface area (TPSA) is 61.4 Å². The molecule has 6 heteroatoms. The first-order chi connectivity index (χ1) is 7.16. The summed E-state index contributed by atoms with van der Waals surface area (Å²) in [5, 5.41) is 15.5. The van der Waals surface area contributed by atoms with Crippen LogP contribution in [0.1, 0.15) is 31.2 Å². The molecule has 0 bridgehead atoms. The van der Waals surface area contributed by atoms with Gasteiger partial charge >= 0.3 is 0 Å². The van der Waals surface area contributed by atoms with E-state index in [9.17, 15) is 0 Å². The van der Waals surface area contributed by atoms with Gasteiger partial charge < -0.3 is 0 Å². The molecule has 0 atom stereocenters. The minimum Gasteiger partial charge on any atom is -0.265 e. The fourth-order valence-electron chi connectivity index (χ4n) is 1.29. The largest absolute Gasteiger partial charge is 0.265 e. The molecule has 0 saturated heterocycles. The predicted octanol–water partition coefficient (Wildman–Crippen LogP) is 0.578. The van der Waals surface area contributed by atoms with Crippen LogP contribution in [0.4, 0.5) is 0 Å². The molecule has 0 aliphatic rings. The van der Waals surface area contributed by atoms with Gasteiger partial charge in [0, 0.05) is 13.2 Å². The summed E-state index contributed by atoms with van der Waals surface area (Å²) in [6.45, 7) is 4.90. The summed E-state index contributed by atoms with van der Waals surface area (Å²) in [7, 11) is 1.82. The number of hydrogen-bond acceptors (Lipinski definition) is 4. The van der Waals surface area contributed by atoms with Gasteiger partial charge in [-0.15, -0.1) is 5.10 Å². The van der Waals surface area contributed by atoms with Gasteiger partial charge in [0.1, 0.15) is 6.54 Å². The van der Waals surface area contributed by atoms with E-state index in [0.717, 1.165) is 5.82 Å². The highest BCUT2D eigenvalue weighted by atomic mass is 15.5. The van der Waals surface area contributed by atoms with Gasteiger partial charge in [-0.05, 0) is 21.9 Å². The molecule has 6 nitrogen and oxygen atoms in total. The SMILES string of the molecule is CC(C)c1cnn(Cc2nnnn2C)c1. The number of hydrogen-bond donors (Lipinski definition) is 0. The molecule has 0 aliphatic carbocycles. The highest BCUT2D eigenvalue weighted by Gasteiger charge is 2.06. The maximum absolute atomic E-state index is 4.26. The molecule has 0 fully saturated rings. The average molecular weight is 206 g/mol. The zero-order valence-electron chi connectivity index (χ0n) is 9.12. The van der Waals surface area contributed by atoms with Gasteiger partial charge in [-0.1, -0.05) is 13.8 Å². The van der Waals surface area contributed by atoms with Crippen LogP contribution in [0.15, 0.2) is 12.4 Å². The van der Waals surface area contributed by atoms with Crippen molar-refractivity contribution in [1.29, 1.82) is 0 Å². The van der Waals surface area contributed by atoms with Gasteiger partial charge in [-0.2, -0.15) is 5.10 Å². The first-order valence-corrected chi connectivity index (χ1v) is 4.90. The molecule has 0 saturated carbocycles. The van der Waals surface area contributed by atoms with E-state index in [1.165, 1.54) is 5.56 Å². The quantitative estimate of drug-likeness (QED) is 0.737. The van der Waals surface area contributed by atoms with Crippen molar-refractivity contribution in [2.75, 3.05) is 0 Å². The maximum atomic E-state index is 4.26. The highest BCUT2D eigenvalue weighted by molar-refractivity contribution is 5.09. The van der Waals surface area contributed by atoms with Gasteiger partial charge in [-0.3, -0.25) is 4.68 Å². The lowest BCUT2D eigenvalue weighted by molar-refractivity contribution is 0.605. The van der Waals surface area contributed by atoms with Crippen LogP contribution in [0, 0.1) is 0 Å². The first-order valence-electron chi connectivity index (χ1n) is 4.90. The van der Waals surface area contributed by atoms with Crippen LogP contribution in [0.3, 0.4) is 0 Å². The predicted molar refractivity (Wildman–Crippen MR) is 54.2 cm³/mol. The second-order valence-electron chi connectivity index (χ2n) is 3.84. The molecule has 2 aromatic heterocycles. The lowest BCUT2D eigenvalue weighted by Gasteiger charge is -1.99. The summed E-state index contributed by atoms with van der Waals surface area (Å²) in [6, 6.07) is 0. The fraction of sp³-hybridized carbons (Fsp3) is 0.556. The number of nitrogens with zero attached hydrogens (tertiary/aromatic N) is 6. The van der Waals surface area contributed by atoms with E-state index in [0.29, 0.717) is 12.5 Å². The summed E-state index contributed by atoms with van der Waals surface area (Å²) in [5.74, 6) is 1.30. The smallest absolute Gasteiger partial charge is 0.172 e. The van der Waals surface area contributed by atoms with Crippen molar-refractivity contribution in [3.8, 4) is 0 Å². The van der Waals surface area contributed by atoms with Gasteiger partial charge in [0.05, 0.1) is 6.20 Å². The van der Waals surface area contributed by atoms with Crippen LogP contribution >= 0.6 is 0 Å². The van der Waals surface area contributed by atoms with Gasteiger partial charge in [0.2, 0.25) is 0 Å². The van der Waals surface area contributed by atoms with Crippen LogP contribution in [-0.2, 0) is 13.6 Å². The van der Waals surface area contributed by atoms with Crippen LogP contribution in [0.5, 0.6) is 0 Å². The molecule has 2 rings (SSSR count). The Labute approximate surface area is 87.9 Å². The number of aromatic nitrogens is 6. The van der Waals surface area contributed by atoms with E-state index in [2.05, 4.69) is 34.5 Å². The molecular formula is C9H14N6. The highest BCUT2D eigenvalue weighted by Crippen LogP contribution is 2.12.